The first kappa shape index (κ1) is 11.9. The minimum absolute atomic E-state index is 0.0156. The van der Waals surface area contributed by atoms with Gasteiger partial charge in [0.2, 0.25) is 0 Å². The van der Waals surface area contributed by atoms with Crippen LogP contribution in [0.25, 0.3) is 0 Å². The Hall–Kier alpha value is -0.210. The molecule has 0 saturated carbocycles. The van der Waals surface area contributed by atoms with E-state index in [1.54, 1.807) is 0 Å². The van der Waals surface area contributed by atoms with Crippen LogP contribution in [0.4, 0.5) is 4.39 Å². The van der Waals surface area contributed by atoms with Crippen molar-refractivity contribution in [1.82, 2.24) is 0 Å². The molecule has 2 N–H and O–H groups in total. The second kappa shape index (κ2) is 4.54. The van der Waals surface area contributed by atoms with Crippen LogP contribution < -0.4 is 0 Å². The van der Waals surface area contributed by atoms with Gasteiger partial charge in [-0.25, -0.2) is 9.18 Å². The first-order valence-electron chi connectivity index (χ1n) is 3.48. The first-order valence-corrected chi connectivity index (χ1v) is 5.36. The van der Waals surface area contributed by atoms with Crippen LogP contribution in [0.1, 0.15) is 11.7 Å². The summed E-state index contributed by atoms with van der Waals surface area (Å²) in [5, 5.41) is 17.8. The van der Waals surface area contributed by atoms with Gasteiger partial charge in [0.1, 0.15) is 5.82 Å². The van der Waals surface area contributed by atoms with Crippen molar-refractivity contribution in [1.29, 1.82) is 0 Å². The standard InChI is InChI=1S/C8H5BrFIO3/c9-6-4(7(12)8(13)14)1-3(11)2-5(6)10/h1-2,7,12H,(H,13,14). The Morgan fingerprint density at radius 3 is 2.64 bits per heavy atom. The molecule has 1 aromatic rings. The van der Waals surface area contributed by atoms with Crippen molar-refractivity contribution < 1.29 is 19.4 Å². The van der Waals surface area contributed by atoms with Gasteiger partial charge in [0.15, 0.2) is 6.10 Å². The normalized spacial score (nSPS) is 12.6. The van der Waals surface area contributed by atoms with E-state index >= 15 is 0 Å². The number of carbonyl (C=O) groups is 1. The van der Waals surface area contributed by atoms with Crippen LogP contribution in [0.2, 0.25) is 0 Å². The number of aliphatic carboxylic acids is 1. The van der Waals surface area contributed by atoms with Gasteiger partial charge in [0.25, 0.3) is 0 Å². The monoisotopic (exact) mass is 374 g/mol. The van der Waals surface area contributed by atoms with Gasteiger partial charge < -0.3 is 10.2 Å². The lowest BCUT2D eigenvalue weighted by Crippen LogP contribution is -2.11. The summed E-state index contributed by atoms with van der Waals surface area (Å²) in [5.41, 5.74) is 0.0156. The molecule has 1 unspecified atom stereocenters. The molecule has 0 aliphatic rings. The largest absolute Gasteiger partial charge is 0.479 e. The molecule has 0 saturated heterocycles. The highest BCUT2D eigenvalue weighted by atomic mass is 127. The van der Waals surface area contributed by atoms with Gasteiger partial charge in [-0.05, 0) is 50.7 Å². The number of aliphatic hydroxyl groups excluding tert-OH is 1. The molecule has 0 aliphatic carbocycles. The maximum absolute atomic E-state index is 13.1. The van der Waals surface area contributed by atoms with Gasteiger partial charge >= 0.3 is 5.97 Å². The van der Waals surface area contributed by atoms with Gasteiger partial charge in [-0.2, -0.15) is 0 Å². The average molecular weight is 375 g/mol. The van der Waals surface area contributed by atoms with E-state index in [1.165, 1.54) is 12.1 Å². The van der Waals surface area contributed by atoms with E-state index in [0.29, 0.717) is 3.57 Å². The van der Waals surface area contributed by atoms with Gasteiger partial charge in [-0.1, -0.05) is 0 Å². The molecule has 0 aliphatic heterocycles. The van der Waals surface area contributed by atoms with Crippen LogP contribution in [0, 0.1) is 9.39 Å². The Morgan fingerprint density at radius 1 is 1.57 bits per heavy atom. The predicted molar refractivity (Wildman–Crippen MR) is 59.4 cm³/mol. The summed E-state index contributed by atoms with van der Waals surface area (Å²) in [5.74, 6) is -2.00. The third kappa shape index (κ3) is 2.43. The third-order valence-electron chi connectivity index (χ3n) is 1.55. The summed E-state index contributed by atoms with van der Waals surface area (Å²) in [6, 6.07) is 2.65. The first-order chi connectivity index (χ1) is 6.43. The molecule has 0 bridgehead atoms. The highest BCUT2D eigenvalue weighted by Gasteiger charge is 2.21. The molecule has 3 nitrogen and oxygen atoms in total. The molecule has 1 aromatic carbocycles. The smallest absolute Gasteiger partial charge is 0.337 e. The van der Waals surface area contributed by atoms with E-state index in [1.807, 2.05) is 22.6 Å². The summed E-state index contributed by atoms with van der Waals surface area (Å²) < 4.78 is 13.6. The lowest BCUT2D eigenvalue weighted by molar-refractivity contribution is -0.147. The van der Waals surface area contributed by atoms with Crippen LogP contribution in [0.5, 0.6) is 0 Å². The summed E-state index contributed by atoms with van der Waals surface area (Å²) in [6.45, 7) is 0. The van der Waals surface area contributed by atoms with Crippen LogP contribution in [0.15, 0.2) is 16.6 Å². The molecule has 76 valence electrons. The lowest BCUT2D eigenvalue weighted by atomic mass is 10.1. The van der Waals surface area contributed by atoms with Gasteiger partial charge in [0, 0.05) is 9.13 Å². The van der Waals surface area contributed by atoms with E-state index < -0.39 is 17.9 Å². The predicted octanol–water partition coefficient (Wildman–Crippen LogP) is 2.31. The molecule has 0 spiro atoms. The maximum atomic E-state index is 13.1. The van der Waals surface area contributed by atoms with Gasteiger partial charge in [-0.15, -0.1) is 0 Å². The van der Waals surface area contributed by atoms with Gasteiger partial charge in [0.05, 0.1) is 4.47 Å². The lowest BCUT2D eigenvalue weighted by Gasteiger charge is -2.09. The van der Waals surface area contributed by atoms with E-state index in [-0.39, 0.29) is 10.0 Å². The van der Waals surface area contributed by atoms with Crippen molar-refractivity contribution in [3.8, 4) is 0 Å². The fourth-order valence-electron chi connectivity index (χ4n) is 0.908. The number of hydrogen-bond acceptors (Lipinski definition) is 2. The number of rotatable bonds is 2. The zero-order chi connectivity index (χ0) is 10.9. The highest BCUT2D eigenvalue weighted by molar-refractivity contribution is 14.1. The molecule has 0 radical (unpaired) electrons. The molecule has 0 amide bonds. The highest BCUT2D eigenvalue weighted by Crippen LogP contribution is 2.28. The number of aliphatic hydroxyl groups is 1. The van der Waals surface area contributed by atoms with Crippen LogP contribution in [-0.4, -0.2) is 16.2 Å². The number of hydrogen-bond donors (Lipinski definition) is 2. The van der Waals surface area contributed by atoms with Crippen LogP contribution >= 0.6 is 38.5 Å². The third-order valence-corrected chi connectivity index (χ3v) is 3.01. The van der Waals surface area contributed by atoms with Crippen molar-refractivity contribution in [3.63, 3.8) is 0 Å². The maximum Gasteiger partial charge on any atom is 0.337 e. The average Bonchev–Trinajstić information content (AvgIpc) is 2.09. The van der Waals surface area contributed by atoms with Crippen molar-refractivity contribution in [3.05, 3.63) is 31.6 Å². The summed E-state index contributed by atoms with van der Waals surface area (Å²) in [4.78, 5) is 10.5. The van der Waals surface area contributed by atoms with Gasteiger partial charge in [-0.3, -0.25) is 0 Å². The molecular formula is C8H5BrFIO3. The van der Waals surface area contributed by atoms with E-state index in [4.69, 9.17) is 5.11 Å². The molecule has 0 aromatic heterocycles. The molecule has 1 atom stereocenters. The zero-order valence-electron chi connectivity index (χ0n) is 6.67. The Labute approximate surface area is 101 Å². The van der Waals surface area contributed by atoms with Crippen molar-refractivity contribution in [2.45, 2.75) is 6.10 Å². The van der Waals surface area contributed by atoms with E-state index in [9.17, 15) is 14.3 Å². The fraction of sp³-hybridized carbons (Fsp3) is 0.125. The minimum Gasteiger partial charge on any atom is -0.479 e. The van der Waals surface area contributed by atoms with E-state index in [2.05, 4.69) is 15.9 Å². The Bertz CT molecular complexity index is 383. The number of carboxylic acids is 1. The van der Waals surface area contributed by atoms with Crippen LogP contribution in [0.3, 0.4) is 0 Å². The molecule has 1 rings (SSSR count). The zero-order valence-corrected chi connectivity index (χ0v) is 10.4. The second-order valence-electron chi connectivity index (χ2n) is 2.53. The summed E-state index contributed by atoms with van der Waals surface area (Å²) in [7, 11) is 0. The van der Waals surface area contributed by atoms with Crippen molar-refractivity contribution >= 4 is 44.5 Å². The molecule has 0 fully saturated rings. The topological polar surface area (TPSA) is 57.5 Å². The number of halogens is 3. The van der Waals surface area contributed by atoms with Crippen molar-refractivity contribution in [2.75, 3.05) is 0 Å². The molecule has 14 heavy (non-hydrogen) atoms. The quantitative estimate of drug-likeness (QED) is 0.617. The SMILES string of the molecule is O=C(O)C(O)c1cc(I)cc(F)c1Br. The Kier molecular flexibility index (Phi) is 3.85. The Balaban J connectivity index is 3.26. The van der Waals surface area contributed by atoms with E-state index in [0.717, 1.165) is 0 Å². The number of carboxylic acid groups (broad SMARTS) is 1. The summed E-state index contributed by atoms with van der Waals surface area (Å²) in [6.07, 6.45) is -1.71. The van der Waals surface area contributed by atoms with Crippen LogP contribution in [-0.2, 0) is 4.79 Å². The van der Waals surface area contributed by atoms with Crippen molar-refractivity contribution in [2.24, 2.45) is 0 Å². The number of benzene rings is 1. The minimum atomic E-state index is -1.71. The second-order valence-corrected chi connectivity index (χ2v) is 4.57. The molecule has 6 heteroatoms. The Morgan fingerprint density at radius 2 is 2.14 bits per heavy atom. The molecular weight excluding hydrogens is 370 g/mol. The fourth-order valence-corrected chi connectivity index (χ4v) is 1.96. The molecule has 0 heterocycles. The summed E-state index contributed by atoms with van der Waals surface area (Å²) >= 11 is 4.72.